The number of carboxylic acids is 3. The van der Waals surface area contributed by atoms with Gasteiger partial charge in [-0.2, -0.15) is 0 Å². The minimum atomic E-state index is -1.77. The maximum absolute atomic E-state index is 13.5. The smallest absolute Gasteiger partial charge is 0.326 e. The van der Waals surface area contributed by atoms with E-state index < -0.39 is 121 Å². The number of hydrogen-bond donors (Lipinski definition) is 11. The normalized spacial score (nSPS) is 15.2. The highest BCUT2D eigenvalue weighted by atomic mass is 16.4. The number of benzene rings is 1. The summed E-state index contributed by atoms with van der Waals surface area (Å²) in [5.41, 5.74) is 6.07. The van der Waals surface area contributed by atoms with Crippen LogP contribution in [0.2, 0.25) is 0 Å². The zero-order valence-electron chi connectivity index (χ0n) is 28.9. The van der Waals surface area contributed by atoms with Crippen LogP contribution in [0.5, 0.6) is 5.75 Å². The lowest BCUT2D eigenvalue weighted by molar-refractivity contribution is -0.143. The molecule has 0 aromatic heterocycles. The molecule has 0 saturated carbocycles. The Kier molecular flexibility index (Phi) is 17.5. The predicted molar refractivity (Wildman–Crippen MR) is 178 cm³/mol. The van der Waals surface area contributed by atoms with Crippen molar-refractivity contribution >= 4 is 47.4 Å². The molecule has 0 heterocycles. The van der Waals surface area contributed by atoms with Crippen LogP contribution in [0.4, 0.5) is 0 Å². The number of rotatable bonds is 21. The van der Waals surface area contributed by atoms with Crippen LogP contribution >= 0.6 is 0 Å². The number of hydrogen-bond acceptors (Lipinski definition) is 11. The first kappa shape index (κ1) is 43.7. The van der Waals surface area contributed by atoms with Crippen LogP contribution in [0.25, 0.3) is 0 Å². The number of aliphatic carboxylic acids is 3. The summed E-state index contributed by atoms with van der Waals surface area (Å²) in [4.78, 5) is 100. The van der Waals surface area contributed by atoms with Crippen LogP contribution in [0.1, 0.15) is 59.4 Å². The van der Waals surface area contributed by atoms with E-state index in [-0.39, 0.29) is 12.2 Å². The average molecular weight is 725 g/mol. The van der Waals surface area contributed by atoms with Gasteiger partial charge < -0.3 is 57.9 Å². The van der Waals surface area contributed by atoms with Crippen molar-refractivity contribution in [3.63, 3.8) is 0 Å². The number of nitrogens with one attached hydrogen (secondary N) is 5. The van der Waals surface area contributed by atoms with Gasteiger partial charge >= 0.3 is 17.9 Å². The molecule has 1 rings (SSSR count). The second-order valence-electron chi connectivity index (χ2n) is 12.6. The molecule has 1 aromatic carbocycles. The third-order valence-corrected chi connectivity index (χ3v) is 7.60. The van der Waals surface area contributed by atoms with Gasteiger partial charge in [0.05, 0.1) is 12.5 Å². The molecule has 0 spiro atoms. The van der Waals surface area contributed by atoms with Gasteiger partial charge in [-0.05, 0) is 42.9 Å². The van der Waals surface area contributed by atoms with Gasteiger partial charge in [0.2, 0.25) is 29.5 Å². The maximum atomic E-state index is 13.5. The molecule has 0 aliphatic heterocycles. The summed E-state index contributed by atoms with van der Waals surface area (Å²) in [5, 5.41) is 59.0. The van der Waals surface area contributed by atoms with Crippen LogP contribution in [-0.4, -0.2) is 115 Å². The highest BCUT2D eigenvalue weighted by molar-refractivity contribution is 5.97. The summed E-state index contributed by atoms with van der Waals surface area (Å²) in [6.07, 6.45) is -3.52. The maximum Gasteiger partial charge on any atom is 0.326 e. The molecule has 7 atom stereocenters. The fourth-order valence-corrected chi connectivity index (χ4v) is 4.58. The molecule has 19 nitrogen and oxygen atoms in total. The van der Waals surface area contributed by atoms with Crippen molar-refractivity contribution in [2.24, 2.45) is 17.6 Å². The van der Waals surface area contributed by atoms with E-state index in [4.69, 9.17) is 5.73 Å². The molecule has 5 amide bonds. The predicted octanol–water partition coefficient (Wildman–Crippen LogP) is -2.20. The van der Waals surface area contributed by atoms with E-state index in [1.165, 1.54) is 45.0 Å². The zero-order chi connectivity index (χ0) is 39.2. The first-order valence-corrected chi connectivity index (χ1v) is 16.0. The molecule has 51 heavy (non-hydrogen) atoms. The zero-order valence-corrected chi connectivity index (χ0v) is 28.9. The van der Waals surface area contributed by atoms with Crippen molar-refractivity contribution in [2.45, 2.75) is 103 Å². The monoisotopic (exact) mass is 724 g/mol. The van der Waals surface area contributed by atoms with Crippen molar-refractivity contribution in [1.29, 1.82) is 0 Å². The largest absolute Gasteiger partial charge is 0.508 e. The Hall–Kier alpha value is -5.30. The van der Waals surface area contributed by atoms with Crippen molar-refractivity contribution in [3.05, 3.63) is 29.8 Å². The molecule has 12 N–H and O–H groups in total. The lowest BCUT2D eigenvalue weighted by Crippen LogP contribution is -2.61. The van der Waals surface area contributed by atoms with Gasteiger partial charge in [0, 0.05) is 12.8 Å². The van der Waals surface area contributed by atoms with E-state index in [1.807, 2.05) is 0 Å². The quantitative estimate of drug-likeness (QED) is 0.0641. The SMILES string of the molecule is CC(C)[C@H](NC(=O)[C@H](CC(=O)O)NC(=O)[C@@H](NC(=O)[C@@H](N)[C@@H](C)O)C(C)C)C(=O)N[C@@H](CCC(=O)O)C(=O)N[C@@H](Cc1ccc(O)cc1)C(=O)O. The van der Waals surface area contributed by atoms with E-state index in [0.717, 1.165) is 0 Å². The summed E-state index contributed by atoms with van der Waals surface area (Å²) in [7, 11) is 0. The van der Waals surface area contributed by atoms with E-state index in [2.05, 4.69) is 26.6 Å². The number of phenolic OH excluding ortho intramolecular Hbond substituents is 1. The number of aromatic hydroxyl groups is 1. The molecule has 0 fully saturated rings. The summed E-state index contributed by atoms with van der Waals surface area (Å²) in [6.45, 7) is 7.35. The molecule has 19 heteroatoms. The van der Waals surface area contributed by atoms with Crippen LogP contribution in [0.3, 0.4) is 0 Å². The fraction of sp³-hybridized carbons (Fsp3) is 0.562. The minimum Gasteiger partial charge on any atom is -0.508 e. The first-order chi connectivity index (χ1) is 23.6. The minimum absolute atomic E-state index is 0.0723. The lowest BCUT2D eigenvalue weighted by Gasteiger charge is -2.29. The van der Waals surface area contributed by atoms with Gasteiger partial charge in [-0.15, -0.1) is 0 Å². The summed E-state index contributed by atoms with van der Waals surface area (Å²) >= 11 is 0. The van der Waals surface area contributed by atoms with Crippen molar-refractivity contribution in [1.82, 2.24) is 26.6 Å². The third-order valence-electron chi connectivity index (χ3n) is 7.60. The molecular formula is C32H48N6O13. The second kappa shape index (κ2) is 20.4. The van der Waals surface area contributed by atoms with Gasteiger partial charge in [-0.1, -0.05) is 39.8 Å². The number of nitrogens with two attached hydrogens (primary N) is 1. The van der Waals surface area contributed by atoms with Gasteiger partial charge in [-0.3, -0.25) is 33.6 Å². The summed E-state index contributed by atoms with van der Waals surface area (Å²) in [6, 6.07) is -3.56. The Balaban J connectivity index is 3.22. The average Bonchev–Trinajstić information content (AvgIpc) is 3.02. The Morgan fingerprint density at radius 2 is 1.08 bits per heavy atom. The molecule has 0 aliphatic rings. The highest BCUT2D eigenvalue weighted by Gasteiger charge is 2.35. The van der Waals surface area contributed by atoms with Crippen LogP contribution in [0, 0.1) is 11.8 Å². The number of amides is 5. The van der Waals surface area contributed by atoms with E-state index in [1.54, 1.807) is 13.8 Å². The molecular weight excluding hydrogens is 676 g/mol. The topological polar surface area (TPSA) is 324 Å². The summed E-state index contributed by atoms with van der Waals surface area (Å²) < 4.78 is 0. The number of carbonyl (C=O) groups excluding carboxylic acids is 5. The molecule has 0 bridgehead atoms. The number of phenols is 1. The number of carbonyl (C=O) groups is 8. The van der Waals surface area contributed by atoms with Gasteiger partial charge in [-0.25, -0.2) is 4.79 Å². The Morgan fingerprint density at radius 1 is 0.627 bits per heavy atom. The van der Waals surface area contributed by atoms with Crippen LogP contribution in [0.15, 0.2) is 24.3 Å². The lowest BCUT2D eigenvalue weighted by atomic mass is 10.00. The fourth-order valence-electron chi connectivity index (χ4n) is 4.58. The molecule has 0 aliphatic carbocycles. The van der Waals surface area contributed by atoms with Gasteiger partial charge in [0.1, 0.15) is 42.0 Å². The number of aliphatic hydroxyl groups is 1. The van der Waals surface area contributed by atoms with Crippen molar-refractivity contribution < 1.29 is 63.9 Å². The first-order valence-electron chi connectivity index (χ1n) is 16.0. The molecule has 284 valence electrons. The third kappa shape index (κ3) is 15.0. The molecule has 0 saturated heterocycles. The van der Waals surface area contributed by atoms with E-state index in [9.17, 15) is 63.9 Å². The van der Waals surface area contributed by atoms with Gasteiger partial charge in [0.25, 0.3) is 0 Å². The molecule has 1 aromatic rings. The Bertz CT molecular complexity index is 1420. The number of aliphatic hydroxyl groups excluding tert-OH is 1. The van der Waals surface area contributed by atoms with Crippen molar-refractivity contribution in [3.8, 4) is 5.75 Å². The van der Waals surface area contributed by atoms with Crippen LogP contribution in [-0.2, 0) is 44.8 Å². The molecule has 0 unspecified atom stereocenters. The van der Waals surface area contributed by atoms with E-state index in [0.29, 0.717) is 5.56 Å². The van der Waals surface area contributed by atoms with Gasteiger partial charge in [0.15, 0.2) is 0 Å². The summed E-state index contributed by atoms with van der Waals surface area (Å²) in [5.74, 6) is -10.7. The highest BCUT2D eigenvalue weighted by Crippen LogP contribution is 2.13. The molecule has 0 radical (unpaired) electrons. The van der Waals surface area contributed by atoms with Crippen molar-refractivity contribution in [2.75, 3.05) is 0 Å². The van der Waals surface area contributed by atoms with E-state index >= 15 is 0 Å². The Morgan fingerprint density at radius 3 is 1.51 bits per heavy atom. The number of carboxylic acid groups (broad SMARTS) is 3. The second-order valence-corrected chi connectivity index (χ2v) is 12.6. The Labute approximate surface area is 293 Å². The van der Waals surface area contributed by atoms with Crippen LogP contribution < -0.4 is 32.3 Å². The standard InChI is InChI=1S/C32H48N6O13/c1-14(2)25(37-28(46)20(13-23(43)44)35-31(49)26(15(3)4)38-29(47)24(33)16(5)39)30(48)34-19(10-11-22(41)42)27(45)36-21(32(50)51)12-17-6-8-18(40)9-7-17/h6-9,14-16,19-21,24-26,39-40H,10-13,33H2,1-5H3,(H,34,48)(H,35,49)(H,36,45)(H,37,46)(H,38,47)(H,41,42)(H,43,44)(H,50,51)/t16-,19+,20+,21+,24+,25+,26+/m1/s1.